The number of pyridine rings is 1. The molecule has 0 aliphatic carbocycles. The summed E-state index contributed by atoms with van der Waals surface area (Å²) in [4.78, 5) is 36.7. The fourth-order valence-electron chi connectivity index (χ4n) is 4.74. The summed E-state index contributed by atoms with van der Waals surface area (Å²) in [5, 5.41) is 1.42. The van der Waals surface area contributed by atoms with Crippen molar-refractivity contribution >= 4 is 11.9 Å². The van der Waals surface area contributed by atoms with Gasteiger partial charge in [-0.15, -0.1) is 0 Å². The van der Waals surface area contributed by atoms with Crippen molar-refractivity contribution < 1.29 is 19.2 Å². The number of amides is 1. The number of rotatable bonds is 5. The monoisotopic (exact) mass is 398 g/mol. The average molecular weight is 398 g/mol. The maximum absolute atomic E-state index is 12.4. The molecule has 2 aliphatic rings. The number of hydrogen-bond donors (Lipinski definition) is 0. The molecule has 1 unspecified atom stereocenters. The normalized spacial score (nSPS) is 21.7. The highest BCUT2D eigenvalue weighted by atomic mass is 16.7. The van der Waals surface area contributed by atoms with E-state index >= 15 is 0 Å². The lowest BCUT2D eigenvalue weighted by Crippen LogP contribution is -2.57. The SMILES string of the molecule is COC(=O)C1CC(=O)N(OC)C12CCN(Cc1cccn1-c1cccnc1)CC2. The summed E-state index contributed by atoms with van der Waals surface area (Å²) in [6.07, 6.45) is 7.12. The number of esters is 1. The Hall–Kier alpha value is -2.71. The minimum absolute atomic E-state index is 0.143. The minimum atomic E-state index is -0.624. The van der Waals surface area contributed by atoms with Crippen LogP contribution < -0.4 is 0 Å². The van der Waals surface area contributed by atoms with E-state index in [4.69, 9.17) is 9.57 Å². The summed E-state index contributed by atoms with van der Waals surface area (Å²) in [6, 6.07) is 8.09. The highest BCUT2D eigenvalue weighted by Crippen LogP contribution is 2.44. The predicted octanol–water partition coefficient (Wildman–Crippen LogP) is 1.79. The second kappa shape index (κ2) is 7.96. The van der Waals surface area contributed by atoms with Crippen molar-refractivity contribution in [2.24, 2.45) is 5.92 Å². The van der Waals surface area contributed by atoms with E-state index in [1.807, 2.05) is 30.6 Å². The minimum Gasteiger partial charge on any atom is -0.469 e. The molecule has 29 heavy (non-hydrogen) atoms. The van der Waals surface area contributed by atoms with Gasteiger partial charge in [-0.2, -0.15) is 0 Å². The van der Waals surface area contributed by atoms with Crippen LogP contribution in [0.25, 0.3) is 5.69 Å². The molecule has 1 spiro atoms. The number of hydrogen-bond acceptors (Lipinski definition) is 6. The van der Waals surface area contributed by atoms with Gasteiger partial charge in [-0.25, -0.2) is 5.06 Å². The van der Waals surface area contributed by atoms with E-state index in [0.29, 0.717) is 12.8 Å². The lowest BCUT2D eigenvalue weighted by molar-refractivity contribution is -0.210. The fourth-order valence-corrected chi connectivity index (χ4v) is 4.74. The van der Waals surface area contributed by atoms with Gasteiger partial charge in [0, 0.05) is 44.1 Å². The van der Waals surface area contributed by atoms with E-state index in [1.54, 1.807) is 6.20 Å². The van der Waals surface area contributed by atoms with Crippen LogP contribution in [-0.2, 0) is 25.7 Å². The molecule has 0 radical (unpaired) electrons. The Bertz CT molecular complexity index is 872. The Balaban J connectivity index is 1.49. The molecule has 4 rings (SSSR count). The molecule has 2 aromatic rings. The molecule has 2 saturated heterocycles. The lowest BCUT2D eigenvalue weighted by Gasteiger charge is -2.45. The summed E-state index contributed by atoms with van der Waals surface area (Å²) < 4.78 is 7.12. The number of nitrogens with zero attached hydrogens (tertiary/aromatic N) is 4. The second-order valence-electron chi connectivity index (χ2n) is 7.61. The van der Waals surface area contributed by atoms with Crippen molar-refractivity contribution in [2.45, 2.75) is 31.3 Å². The first-order valence-corrected chi connectivity index (χ1v) is 9.83. The van der Waals surface area contributed by atoms with Crippen LogP contribution in [0.3, 0.4) is 0 Å². The van der Waals surface area contributed by atoms with Crippen molar-refractivity contribution in [1.82, 2.24) is 19.5 Å². The van der Waals surface area contributed by atoms with Gasteiger partial charge in [0.1, 0.15) is 0 Å². The Kier molecular flexibility index (Phi) is 5.38. The molecule has 0 aromatic carbocycles. The molecule has 1 amide bonds. The van der Waals surface area contributed by atoms with Gasteiger partial charge in [0.05, 0.1) is 37.6 Å². The van der Waals surface area contributed by atoms with Crippen LogP contribution in [-0.4, -0.2) is 64.2 Å². The van der Waals surface area contributed by atoms with E-state index in [0.717, 1.165) is 25.3 Å². The molecule has 8 nitrogen and oxygen atoms in total. The van der Waals surface area contributed by atoms with Crippen LogP contribution in [0.4, 0.5) is 0 Å². The zero-order valence-electron chi connectivity index (χ0n) is 16.8. The third kappa shape index (κ3) is 3.42. The molecule has 2 fully saturated rings. The van der Waals surface area contributed by atoms with Gasteiger partial charge in [0.2, 0.25) is 5.91 Å². The summed E-state index contributed by atoms with van der Waals surface area (Å²) >= 11 is 0. The number of aromatic nitrogens is 2. The molecule has 8 heteroatoms. The average Bonchev–Trinajstić information content (AvgIpc) is 3.32. The molecule has 154 valence electrons. The molecular formula is C21H26N4O4. The van der Waals surface area contributed by atoms with Crippen LogP contribution in [0.1, 0.15) is 25.0 Å². The first kappa shape index (κ1) is 19.6. The number of piperidine rings is 1. The first-order valence-electron chi connectivity index (χ1n) is 9.83. The van der Waals surface area contributed by atoms with Crippen LogP contribution in [0.5, 0.6) is 0 Å². The third-order valence-electron chi connectivity index (χ3n) is 6.19. The number of hydroxylamine groups is 2. The maximum atomic E-state index is 12.4. The molecule has 0 saturated carbocycles. The quantitative estimate of drug-likeness (QED) is 0.715. The summed E-state index contributed by atoms with van der Waals surface area (Å²) in [6.45, 7) is 2.31. The number of ether oxygens (including phenoxy) is 1. The van der Waals surface area contributed by atoms with Gasteiger partial charge in [-0.05, 0) is 37.1 Å². The molecular weight excluding hydrogens is 372 g/mol. The number of carbonyl (C=O) groups excluding carboxylic acids is 2. The zero-order valence-corrected chi connectivity index (χ0v) is 16.8. The van der Waals surface area contributed by atoms with Gasteiger partial charge >= 0.3 is 5.97 Å². The van der Waals surface area contributed by atoms with Gasteiger partial charge in [-0.3, -0.25) is 24.3 Å². The smallest absolute Gasteiger partial charge is 0.311 e. The number of methoxy groups -OCH3 is 1. The van der Waals surface area contributed by atoms with E-state index in [9.17, 15) is 9.59 Å². The Morgan fingerprint density at radius 2 is 2.03 bits per heavy atom. The van der Waals surface area contributed by atoms with Gasteiger partial charge in [0.25, 0.3) is 0 Å². The summed E-state index contributed by atoms with van der Waals surface area (Å²) in [5.74, 6) is -0.972. The third-order valence-corrected chi connectivity index (χ3v) is 6.19. The van der Waals surface area contributed by atoms with Crippen molar-refractivity contribution in [2.75, 3.05) is 27.3 Å². The van der Waals surface area contributed by atoms with Crippen LogP contribution >= 0.6 is 0 Å². The lowest BCUT2D eigenvalue weighted by atomic mass is 9.77. The van der Waals surface area contributed by atoms with Gasteiger partial charge in [0.15, 0.2) is 0 Å². The molecule has 2 aromatic heterocycles. The first-order chi connectivity index (χ1) is 14.1. The Morgan fingerprint density at radius 3 is 2.69 bits per heavy atom. The van der Waals surface area contributed by atoms with Crippen molar-refractivity contribution in [3.05, 3.63) is 48.5 Å². The number of likely N-dealkylation sites (tertiary alicyclic amines) is 1. The van der Waals surface area contributed by atoms with Gasteiger partial charge in [-0.1, -0.05) is 0 Å². The Labute approximate surface area is 170 Å². The van der Waals surface area contributed by atoms with E-state index in [2.05, 4.69) is 20.5 Å². The fraction of sp³-hybridized carbons (Fsp3) is 0.476. The topological polar surface area (TPSA) is 76.9 Å². The van der Waals surface area contributed by atoms with Crippen LogP contribution in [0.2, 0.25) is 0 Å². The van der Waals surface area contributed by atoms with Crippen molar-refractivity contribution in [3.63, 3.8) is 0 Å². The van der Waals surface area contributed by atoms with Gasteiger partial charge < -0.3 is 9.30 Å². The molecule has 4 heterocycles. The predicted molar refractivity (Wildman–Crippen MR) is 105 cm³/mol. The van der Waals surface area contributed by atoms with Crippen molar-refractivity contribution in [1.29, 1.82) is 0 Å². The maximum Gasteiger partial charge on any atom is 0.311 e. The standard InChI is InChI=1S/C21H26N4O4/c1-28-20(27)18-13-19(26)25(29-2)21(18)7-11-23(12-8-21)15-17-6-4-10-24(17)16-5-3-9-22-14-16/h3-6,9-10,14,18H,7-8,11-13,15H2,1-2H3. The van der Waals surface area contributed by atoms with E-state index < -0.39 is 11.5 Å². The van der Waals surface area contributed by atoms with Crippen molar-refractivity contribution in [3.8, 4) is 5.69 Å². The molecule has 0 bridgehead atoms. The van der Waals surface area contributed by atoms with E-state index in [1.165, 1.54) is 25.0 Å². The molecule has 2 aliphatic heterocycles. The molecule has 1 atom stereocenters. The van der Waals surface area contributed by atoms with E-state index in [-0.39, 0.29) is 18.3 Å². The summed E-state index contributed by atoms with van der Waals surface area (Å²) in [5.41, 5.74) is 1.57. The second-order valence-corrected chi connectivity index (χ2v) is 7.61. The zero-order chi connectivity index (χ0) is 20.4. The highest BCUT2D eigenvalue weighted by molar-refractivity contribution is 5.88. The highest BCUT2D eigenvalue weighted by Gasteiger charge is 2.58. The molecule has 0 N–H and O–H groups in total. The summed E-state index contributed by atoms with van der Waals surface area (Å²) in [7, 11) is 2.87. The van der Waals surface area contributed by atoms with Crippen LogP contribution in [0.15, 0.2) is 42.9 Å². The largest absolute Gasteiger partial charge is 0.469 e. The van der Waals surface area contributed by atoms with Crippen LogP contribution in [0, 0.1) is 5.92 Å². The Morgan fingerprint density at radius 1 is 1.24 bits per heavy atom. The number of carbonyl (C=O) groups is 2.